The molecule has 18 heavy (non-hydrogen) atoms. The van der Waals surface area contributed by atoms with Crippen molar-refractivity contribution < 1.29 is 0 Å². The van der Waals surface area contributed by atoms with Crippen LogP contribution in [0.25, 0.3) is 10.9 Å². The molecule has 1 aromatic carbocycles. The topological polar surface area (TPSA) is 12.9 Å². The molecule has 0 radical (unpaired) electrons. The van der Waals surface area contributed by atoms with Crippen molar-refractivity contribution >= 4 is 22.5 Å². The Bertz CT molecular complexity index is 602. The quantitative estimate of drug-likeness (QED) is 0.711. The Balaban J connectivity index is 2.34. The maximum absolute atomic E-state index is 6.60. The molecule has 0 N–H and O–H groups in total. The van der Waals surface area contributed by atoms with Gasteiger partial charge in [-0.2, -0.15) is 0 Å². The normalized spacial score (nSPS) is 15.1. The van der Waals surface area contributed by atoms with Gasteiger partial charge in [0.25, 0.3) is 0 Å². The molecule has 0 aliphatic heterocycles. The summed E-state index contributed by atoms with van der Waals surface area (Å²) in [6, 6.07) is 6.37. The average molecular weight is 260 g/mol. The summed E-state index contributed by atoms with van der Waals surface area (Å²) in [5.41, 5.74) is 4.93. The highest BCUT2D eigenvalue weighted by molar-refractivity contribution is 6.36. The molecule has 1 nitrogen and oxygen atoms in total. The number of rotatable bonds is 1. The molecule has 1 heterocycles. The van der Waals surface area contributed by atoms with Gasteiger partial charge in [-0.15, -0.1) is 0 Å². The molecule has 1 aliphatic carbocycles. The zero-order valence-corrected chi connectivity index (χ0v) is 11.7. The van der Waals surface area contributed by atoms with Crippen LogP contribution in [-0.4, -0.2) is 4.98 Å². The molecular weight excluding hydrogens is 242 g/mol. The molecule has 0 spiro atoms. The molecule has 0 unspecified atom stereocenters. The number of aromatic nitrogens is 1. The van der Waals surface area contributed by atoms with Crippen molar-refractivity contribution in [2.75, 3.05) is 0 Å². The average Bonchev–Trinajstić information content (AvgIpc) is 2.38. The van der Waals surface area contributed by atoms with E-state index in [0.29, 0.717) is 5.92 Å². The van der Waals surface area contributed by atoms with Crippen molar-refractivity contribution in [2.45, 2.75) is 45.4 Å². The van der Waals surface area contributed by atoms with E-state index in [4.69, 9.17) is 16.6 Å². The molecule has 0 saturated heterocycles. The second kappa shape index (κ2) is 4.55. The number of nitrogens with zero attached hydrogens (tertiary/aromatic N) is 1. The van der Waals surface area contributed by atoms with Crippen molar-refractivity contribution in [3.8, 4) is 0 Å². The molecule has 1 aromatic heterocycles. The van der Waals surface area contributed by atoms with Crippen molar-refractivity contribution in [1.29, 1.82) is 0 Å². The number of aryl methyl sites for hydroxylation is 1. The Morgan fingerprint density at radius 1 is 1.17 bits per heavy atom. The van der Waals surface area contributed by atoms with E-state index >= 15 is 0 Å². The van der Waals surface area contributed by atoms with Crippen LogP contribution in [0.15, 0.2) is 18.2 Å². The third-order valence-electron chi connectivity index (χ3n) is 3.88. The van der Waals surface area contributed by atoms with Gasteiger partial charge in [0.1, 0.15) is 0 Å². The summed E-state index contributed by atoms with van der Waals surface area (Å²) in [4.78, 5) is 4.91. The fraction of sp³-hybridized carbons (Fsp3) is 0.438. The van der Waals surface area contributed by atoms with Gasteiger partial charge in [-0.3, -0.25) is 4.98 Å². The van der Waals surface area contributed by atoms with E-state index in [0.717, 1.165) is 28.8 Å². The van der Waals surface area contributed by atoms with Crippen LogP contribution in [-0.2, 0) is 12.8 Å². The largest absolute Gasteiger partial charge is 0.252 e. The van der Waals surface area contributed by atoms with Gasteiger partial charge in [0.05, 0.1) is 10.5 Å². The van der Waals surface area contributed by atoms with Gasteiger partial charge in [-0.05, 0) is 42.7 Å². The highest BCUT2D eigenvalue weighted by Gasteiger charge is 2.18. The summed E-state index contributed by atoms with van der Waals surface area (Å²) >= 11 is 6.60. The van der Waals surface area contributed by atoms with Gasteiger partial charge in [-0.25, -0.2) is 0 Å². The van der Waals surface area contributed by atoms with E-state index in [-0.39, 0.29) is 0 Å². The van der Waals surface area contributed by atoms with Crippen LogP contribution >= 0.6 is 11.6 Å². The van der Waals surface area contributed by atoms with E-state index in [1.165, 1.54) is 29.7 Å². The van der Waals surface area contributed by atoms with E-state index < -0.39 is 0 Å². The maximum Gasteiger partial charge on any atom is 0.0755 e. The Kier molecular flexibility index (Phi) is 3.03. The van der Waals surface area contributed by atoms with E-state index in [1.54, 1.807) is 0 Å². The van der Waals surface area contributed by atoms with Crippen molar-refractivity contribution in [1.82, 2.24) is 4.98 Å². The number of halogens is 1. The zero-order chi connectivity index (χ0) is 12.7. The smallest absolute Gasteiger partial charge is 0.0755 e. The first-order chi connectivity index (χ1) is 8.68. The van der Waals surface area contributed by atoms with Crippen molar-refractivity contribution in [3.05, 3.63) is 40.0 Å². The molecule has 2 aromatic rings. The van der Waals surface area contributed by atoms with Crippen molar-refractivity contribution in [2.24, 2.45) is 0 Å². The summed E-state index contributed by atoms with van der Waals surface area (Å²) in [5.74, 6) is 0.485. The molecular formula is C16H18ClN. The number of fused-ring (bicyclic) bond motifs is 2. The van der Waals surface area contributed by atoms with Gasteiger partial charge in [-0.1, -0.05) is 43.6 Å². The molecule has 0 fully saturated rings. The van der Waals surface area contributed by atoms with E-state index in [1.807, 2.05) is 0 Å². The van der Waals surface area contributed by atoms with Gasteiger partial charge in [0.2, 0.25) is 0 Å². The van der Waals surface area contributed by atoms with Crippen LogP contribution in [0, 0.1) is 0 Å². The van der Waals surface area contributed by atoms with Crippen molar-refractivity contribution in [3.63, 3.8) is 0 Å². The van der Waals surface area contributed by atoms with Gasteiger partial charge in [0.15, 0.2) is 0 Å². The Hall–Kier alpha value is -1.08. The van der Waals surface area contributed by atoms with Crippen LogP contribution in [0.2, 0.25) is 5.02 Å². The Morgan fingerprint density at radius 3 is 2.72 bits per heavy atom. The number of para-hydroxylation sites is 1. The number of hydrogen-bond donors (Lipinski definition) is 0. The zero-order valence-electron chi connectivity index (χ0n) is 11.0. The number of pyridine rings is 1. The second-order valence-electron chi connectivity index (χ2n) is 5.46. The molecule has 1 aliphatic rings. The van der Waals surface area contributed by atoms with Gasteiger partial charge < -0.3 is 0 Å². The molecule has 2 heteroatoms. The summed E-state index contributed by atoms with van der Waals surface area (Å²) in [6.07, 6.45) is 4.65. The predicted octanol–water partition coefficient (Wildman–Crippen LogP) is 4.89. The third-order valence-corrected chi connectivity index (χ3v) is 4.31. The highest BCUT2D eigenvalue weighted by Crippen LogP contribution is 2.35. The van der Waals surface area contributed by atoms with Gasteiger partial charge in [0, 0.05) is 11.1 Å². The fourth-order valence-electron chi connectivity index (χ4n) is 2.88. The number of benzene rings is 1. The van der Waals surface area contributed by atoms with E-state index in [9.17, 15) is 0 Å². The van der Waals surface area contributed by atoms with Crippen LogP contribution in [0.1, 0.15) is 49.4 Å². The summed E-state index contributed by atoms with van der Waals surface area (Å²) < 4.78 is 0. The molecule has 0 amide bonds. The monoisotopic (exact) mass is 259 g/mol. The minimum absolute atomic E-state index is 0.485. The lowest BCUT2D eigenvalue weighted by Crippen LogP contribution is -2.07. The van der Waals surface area contributed by atoms with Crippen LogP contribution in [0.4, 0.5) is 0 Å². The lowest BCUT2D eigenvalue weighted by Gasteiger charge is -2.19. The Labute approximate surface area is 113 Å². The fourth-order valence-corrected chi connectivity index (χ4v) is 3.23. The first-order valence-corrected chi connectivity index (χ1v) is 7.16. The minimum Gasteiger partial charge on any atom is -0.252 e. The first-order valence-electron chi connectivity index (χ1n) is 6.78. The van der Waals surface area contributed by atoms with Crippen LogP contribution in [0.3, 0.4) is 0 Å². The second-order valence-corrected chi connectivity index (χ2v) is 5.83. The lowest BCUT2D eigenvalue weighted by atomic mass is 9.92. The molecule has 3 rings (SSSR count). The summed E-state index contributed by atoms with van der Waals surface area (Å²) in [6.45, 7) is 4.42. The summed E-state index contributed by atoms with van der Waals surface area (Å²) in [5, 5.41) is 2.07. The third kappa shape index (κ3) is 1.81. The predicted molar refractivity (Wildman–Crippen MR) is 77.5 cm³/mol. The first kappa shape index (κ1) is 12.0. The SMILES string of the molecule is CC(C)c1cccc2c(Cl)c3c(nc12)CCCC3. The molecule has 0 saturated carbocycles. The molecule has 94 valence electrons. The van der Waals surface area contributed by atoms with Crippen LogP contribution in [0.5, 0.6) is 0 Å². The van der Waals surface area contributed by atoms with E-state index in [2.05, 4.69) is 32.0 Å². The highest BCUT2D eigenvalue weighted by atomic mass is 35.5. The molecule has 0 bridgehead atoms. The minimum atomic E-state index is 0.485. The molecule has 0 atom stereocenters. The Morgan fingerprint density at radius 2 is 1.94 bits per heavy atom. The van der Waals surface area contributed by atoms with Crippen LogP contribution < -0.4 is 0 Å². The standard InChI is InChI=1S/C16H18ClN/c1-10(2)11-7-5-8-13-15(17)12-6-3-4-9-14(12)18-16(11)13/h5,7-8,10H,3-4,6,9H2,1-2H3. The van der Waals surface area contributed by atoms with Gasteiger partial charge >= 0.3 is 0 Å². The number of hydrogen-bond acceptors (Lipinski definition) is 1. The summed E-state index contributed by atoms with van der Waals surface area (Å²) in [7, 11) is 0. The lowest BCUT2D eigenvalue weighted by molar-refractivity contribution is 0.671. The maximum atomic E-state index is 6.60.